The van der Waals surface area contributed by atoms with E-state index < -0.39 is 27.2 Å². The molecule has 0 saturated carbocycles. The van der Waals surface area contributed by atoms with Crippen LogP contribution in [0.4, 0.5) is 11.4 Å². The number of hydrogen-bond acceptors (Lipinski definition) is 16. The Bertz CT molecular complexity index is 1170. The van der Waals surface area contributed by atoms with Gasteiger partial charge in [0.15, 0.2) is 0 Å². The fourth-order valence-electron chi connectivity index (χ4n) is 5.86. The Kier molecular flexibility index (Phi) is 41.2. The smallest absolute Gasteiger partial charge is 0.338 e. The maximum atomic E-state index is 12.1. The van der Waals surface area contributed by atoms with Crippen molar-refractivity contribution in [3.05, 3.63) is 44.0 Å². The predicted molar refractivity (Wildman–Crippen MR) is 233 cm³/mol. The minimum atomic E-state index is -0.930. The van der Waals surface area contributed by atoms with Gasteiger partial charge < -0.3 is 52.1 Å². The number of esters is 1. The largest absolute Gasteiger partial charge is 0.460 e. The molecule has 18 heteroatoms. The lowest BCUT2D eigenvalue weighted by Crippen LogP contribution is -2.15. The molecule has 0 atom stereocenters. The van der Waals surface area contributed by atoms with E-state index in [9.17, 15) is 25.0 Å². The summed E-state index contributed by atoms with van der Waals surface area (Å²) < 4.78 is 59.9. The van der Waals surface area contributed by atoms with Gasteiger partial charge in [0.1, 0.15) is 6.61 Å². The summed E-state index contributed by atoms with van der Waals surface area (Å²) in [5, 5.41) is 21.9. The van der Waals surface area contributed by atoms with Crippen LogP contribution in [0.25, 0.3) is 0 Å². The Morgan fingerprint density at radius 1 is 0.371 bits per heavy atom. The maximum absolute atomic E-state index is 12.1. The van der Waals surface area contributed by atoms with Crippen LogP contribution in [0.2, 0.25) is 0 Å². The van der Waals surface area contributed by atoms with Gasteiger partial charge in [-0.15, -0.1) is 0 Å². The Morgan fingerprint density at radius 2 is 0.613 bits per heavy atom. The molecule has 0 aliphatic heterocycles. The Hall–Kier alpha value is -2.91. The molecular formula is C44H78N2O16. The molecule has 0 aliphatic carbocycles. The number of non-ortho nitro benzene ring substituents is 2. The van der Waals surface area contributed by atoms with E-state index in [0.717, 1.165) is 31.2 Å². The average molecular weight is 891 g/mol. The molecule has 0 aromatic heterocycles. The van der Waals surface area contributed by atoms with Crippen molar-refractivity contribution in [2.24, 2.45) is 0 Å². The number of hydrogen-bond donors (Lipinski definition) is 0. The first-order valence-electron chi connectivity index (χ1n) is 22.8. The van der Waals surface area contributed by atoms with Gasteiger partial charge in [-0.05, 0) is 6.42 Å². The van der Waals surface area contributed by atoms with E-state index in [1.165, 1.54) is 89.9 Å². The molecule has 0 unspecified atom stereocenters. The molecule has 0 spiro atoms. The minimum absolute atomic E-state index is 0.0518. The highest BCUT2D eigenvalue weighted by molar-refractivity contribution is 5.91. The van der Waals surface area contributed by atoms with E-state index in [4.69, 9.17) is 52.1 Å². The monoisotopic (exact) mass is 891 g/mol. The molecule has 0 saturated heterocycles. The van der Waals surface area contributed by atoms with E-state index >= 15 is 0 Å². The van der Waals surface area contributed by atoms with E-state index in [-0.39, 0.29) is 25.4 Å². The number of nitro groups is 2. The van der Waals surface area contributed by atoms with Crippen LogP contribution in [-0.2, 0) is 52.1 Å². The number of carbonyl (C=O) groups excluding carboxylic acids is 1. The van der Waals surface area contributed by atoms with E-state index in [1.807, 2.05) is 0 Å². The zero-order valence-electron chi connectivity index (χ0n) is 37.6. The van der Waals surface area contributed by atoms with Crippen LogP contribution in [-0.4, -0.2) is 155 Å². The molecule has 62 heavy (non-hydrogen) atoms. The third-order valence-corrected chi connectivity index (χ3v) is 9.26. The molecule has 18 nitrogen and oxygen atoms in total. The van der Waals surface area contributed by atoms with E-state index in [1.54, 1.807) is 0 Å². The second-order valence-corrected chi connectivity index (χ2v) is 14.5. The first-order valence-corrected chi connectivity index (χ1v) is 22.8. The standard InChI is InChI=1S/C44H78N2O16/c1-2-3-4-5-6-7-8-9-10-11-12-13-14-15-16-17-52-18-19-53-20-21-54-22-23-55-24-25-56-26-27-57-28-29-58-30-31-59-32-33-60-34-35-61-36-37-62-44(47)41-38-42(45(48)49)40-43(39-41)46(50)51/h38-40H,2-37H2,1H3. The first kappa shape index (κ1) is 57.1. The Morgan fingerprint density at radius 3 is 0.887 bits per heavy atom. The summed E-state index contributed by atoms with van der Waals surface area (Å²) in [5.74, 6) is -0.930. The van der Waals surface area contributed by atoms with Crippen LogP contribution >= 0.6 is 0 Å². The van der Waals surface area contributed by atoms with Gasteiger partial charge >= 0.3 is 5.97 Å². The fourth-order valence-corrected chi connectivity index (χ4v) is 5.86. The highest BCUT2D eigenvalue weighted by Gasteiger charge is 2.20. The second-order valence-electron chi connectivity index (χ2n) is 14.5. The number of nitrogens with zero attached hydrogens (tertiary/aromatic N) is 2. The number of rotatable bonds is 49. The van der Waals surface area contributed by atoms with Gasteiger partial charge in [-0.1, -0.05) is 96.8 Å². The summed E-state index contributed by atoms with van der Waals surface area (Å²) in [6.45, 7) is 11.2. The number of unbranched alkanes of at least 4 members (excludes halogenated alkanes) is 14. The van der Waals surface area contributed by atoms with Gasteiger partial charge in [-0.2, -0.15) is 0 Å². The van der Waals surface area contributed by atoms with Crippen molar-refractivity contribution in [3.63, 3.8) is 0 Å². The summed E-state index contributed by atoms with van der Waals surface area (Å²) in [6.07, 6.45) is 20.5. The van der Waals surface area contributed by atoms with Crippen molar-refractivity contribution >= 4 is 17.3 Å². The topological polar surface area (TPSA) is 205 Å². The number of nitro benzene ring substituents is 2. The van der Waals surface area contributed by atoms with Crippen molar-refractivity contribution in [1.82, 2.24) is 0 Å². The van der Waals surface area contributed by atoms with Crippen molar-refractivity contribution < 1.29 is 66.7 Å². The van der Waals surface area contributed by atoms with Crippen LogP contribution in [0.5, 0.6) is 0 Å². The van der Waals surface area contributed by atoms with Crippen LogP contribution in [0.15, 0.2) is 18.2 Å². The minimum Gasteiger partial charge on any atom is -0.460 e. The van der Waals surface area contributed by atoms with Gasteiger partial charge in [-0.3, -0.25) is 20.2 Å². The van der Waals surface area contributed by atoms with Crippen molar-refractivity contribution in [2.45, 2.75) is 103 Å². The lowest BCUT2D eigenvalue weighted by Gasteiger charge is -2.09. The number of carbonyl (C=O) groups is 1. The lowest BCUT2D eigenvalue weighted by atomic mass is 10.0. The normalized spacial score (nSPS) is 11.4. The summed E-state index contributed by atoms with van der Waals surface area (Å²) in [4.78, 5) is 32.4. The molecule has 0 heterocycles. The Labute approximate surface area is 369 Å². The highest BCUT2D eigenvalue weighted by Crippen LogP contribution is 2.23. The van der Waals surface area contributed by atoms with Gasteiger partial charge in [0.05, 0.1) is 147 Å². The third-order valence-electron chi connectivity index (χ3n) is 9.26. The van der Waals surface area contributed by atoms with Crippen LogP contribution in [0.3, 0.4) is 0 Å². The van der Waals surface area contributed by atoms with Crippen molar-refractivity contribution in [3.8, 4) is 0 Å². The molecule has 0 aliphatic rings. The maximum Gasteiger partial charge on any atom is 0.338 e. The van der Waals surface area contributed by atoms with E-state index in [0.29, 0.717) is 112 Å². The predicted octanol–water partition coefficient (Wildman–Crippen LogP) is 7.70. The summed E-state index contributed by atoms with van der Waals surface area (Å²) >= 11 is 0. The van der Waals surface area contributed by atoms with Crippen LogP contribution in [0.1, 0.15) is 114 Å². The molecule has 0 N–H and O–H groups in total. The molecule has 0 bridgehead atoms. The van der Waals surface area contributed by atoms with Gasteiger partial charge in [0, 0.05) is 18.7 Å². The molecule has 1 aromatic carbocycles. The molecular weight excluding hydrogens is 812 g/mol. The SMILES string of the molecule is CCCCCCCCCCCCCCCCCOCCOCCOCCOCCOCCOCCOCCOCCOCCOCCOC(=O)c1cc([N+](=O)[O-])cc([N+](=O)[O-])c1. The molecule has 1 aromatic rings. The summed E-state index contributed by atoms with van der Waals surface area (Å²) in [5.41, 5.74) is -1.45. The summed E-state index contributed by atoms with van der Waals surface area (Å²) in [7, 11) is 0. The molecule has 0 fully saturated rings. The van der Waals surface area contributed by atoms with Gasteiger partial charge in [0.25, 0.3) is 11.4 Å². The molecule has 0 amide bonds. The lowest BCUT2D eigenvalue weighted by molar-refractivity contribution is -0.394. The quantitative estimate of drug-likeness (QED) is 0.0266. The van der Waals surface area contributed by atoms with Crippen molar-refractivity contribution in [1.29, 1.82) is 0 Å². The second kappa shape index (κ2) is 44.7. The zero-order valence-corrected chi connectivity index (χ0v) is 37.6. The summed E-state index contributed by atoms with van der Waals surface area (Å²) in [6, 6.07) is 2.60. The Balaban J connectivity index is 1.69. The third kappa shape index (κ3) is 37.6. The molecule has 0 radical (unpaired) electrons. The van der Waals surface area contributed by atoms with Crippen molar-refractivity contribution in [2.75, 3.05) is 139 Å². The number of ether oxygens (including phenoxy) is 11. The van der Waals surface area contributed by atoms with Crippen LogP contribution < -0.4 is 0 Å². The average Bonchev–Trinajstić information content (AvgIpc) is 3.27. The van der Waals surface area contributed by atoms with Gasteiger partial charge in [-0.25, -0.2) is 4.79 Å². The molecule has 1 rings (SSSR count). The first-order chi connectivity index (χ1) is 30.5. The van der Waals surface area contributed by atoms with Gasteiger partial charge in [0.2, 0.25) is 0 Å². The number of benzene rings is 1. The molecule has 360 valence electrons. The fraction of sp³-hybridized carbons (Fsp3) is 0.841. The van der Waals surface area contributed by atoms with Crippen LogP contribution in [0, 0.1) is 20.2 Å². The highest BCUT2D eigenvalue weighted by atomic mass is 16.6. The van der Waals surface area contributed by atoms with E-state index in [2.05, 4.69) is 6.92 Å². The zero-order chi connectivity index (χ0) is 44.8.